The van der Waals surface area contributed by atoms with Gasteiger partial charge in [-0.1, -0.05) is 0 Å². The van der Waals surface area contributed by atoms with Crippen LogP contribution in [0.2, 0.25) is 0 Å². The molecule has 3 fully saturated rings. The summed E-state index contributed by atoms with van der Waals surface area (Å²) in [4.78, 5) is 11.2. The van der Waals surface area contributed by atoms with Crippen LogP contribution in [0.1, 0.15) is 25.7 Å². The van der Waals surface area contributed by atoms with Gasteiger partial charge in [-0.15, -0.1) is 0 Å². The van der Waals surface area contributed by atoms with Gasteiger partial charge in [0.1, 0.15) is 5.78 Å². The van der Waals surface area contributed by atoms with E-state index in [4.69, 9.17) is 0 Å². The van der Waals surface area contributed by atoms with Crippen LogP contribution in [0, 0.1) is 23.7 Å². The zero-order valence-electron chi connectivity index (χ0n) is 6.05. The number of carbonyl (C=O) groups excluding carboxylic acids is 1. The van der Waals surface area contributed by atoms with Gasteiger partial charge < -0.3 is 0 Å². The Kier molecular flexibility index (Phi) is 0.781. The minimum Gasteiger partial charge on any atom is -0.299 e. The molecule has 0 spiro atoms. The number of hydrogen-bond acceptors (Lipinski definition) is 1. The smallest absolute Gasteiger partial charge is 0.136 e. The third-order valence-electron chi connectivity index (χ3n) is 3.49. The zero-order chi connectivity index (χ0) is 6.72. The minimum atomic E-state index is 0.562. The van der Waals surface area contributed by atoms with Crippen LogP contribution < -0.4 is 0 Å². The maximum absolute atomic E-state index is 11.2. The molecule has 1 heteroatoms. The molecule has 3 rings (SSSR count). The topological polar surface area (TPSA) is 17.1 Å². The highest BCUT2D eigenvalue weighted by Crippen LogP contribution is 2.64. The Labute approximate surface area is 60.8 Å². The number of rotatable bonds is 1. The highest BCUT2D eigenvalue weighted by atomic mass is 16.1. The summed E-state index contributed by atoms with van der Waals surface area (Å²) in [6.45, 7) is 0. The predicted octanol–water partition coefficient (Wildman–Crippen LogP) is 1.62. The number of ketones is 1. The molecule has 0 saturated heterocycles. The molecule has 1 nitrogen and oxygen atoms in total. The van der Waals surface area contributed by atoms with Crippen LogP contribution in [0.25, 0.3) is 0 Å². The first kappa shape index (κ1) is 5.34. The van der Waals surface area contributed by atoms with Crippen molar-refractivity contribution in [1.82, 2.24) is 0 Å². The molecule has 0 aromatic heterocycles. The Morgan fingerprint density at radius 2 is 2.00 bits per heavy atom. The normalized spacial score (nSPS) is 51.2. The van der Waals surface area contributed by atoms with Gasteiger partial charge in [-0.05, 0) is 37.0 Å². The fraction of sp³-hybridized carbons (Fsp3) is 0.889. The third kappa shape index (κ3) is 0.518. The molecular formula is C9H12O. The van der Waals surface area contributed by atoms with Crippen molar-refractivity contribution < 1.29 is 4.79 Å². The molecule has 0 heterocycles. The van der Waals surface area contributed by atoms with Gasteiger partial charge in [0, 0.05) is 12.3 Å². The van der Waals surface area contributed by atoms with Gasteiger partial charge in [0.05, 0.1) is 0 Å². The highest BCUT2D eigenvalue weighted by Gasteiger charge is 2.62. The largest absolute Gasteiger partial charge is 0.299 e. The average molecular weight is 136 g/mol. The van der Waals surface area contributed by atoms with Crippen LogP contribution in [0.15, 0.2) is 0 Å². The summed E-state index contributed by atoms with van der Waals surface area (Å²) < 4.78 is 0. The summed E-state index contributed by atoms with van der Waals surface area (Å²) in [7, 11) is 0. The zero-order valence-corrected chi connectivity index (χ0v) is 6.05. The van der Waals surface area contributed by atoms with Gasteiger partial charge in [0.15, 0.2) is 0 Å². The molecule has 0 amide bonds. The van der Waals surface area contributed by atoms with Crippen molar-refractivity contribution in [3.05, 3.63) is 0 Å². The van der Waals surface area contributed by atoms with Crippen molar-refractivity contribution in [2.45, 2.75) is 25.7 Å². The maximum atomic E-state index is 11.2. The Hall–Kier alpha value is -0.330. The van der Waals surface area contributed by atoms with Crippen molar-refractivity contribution in [3.8, 4) is 0 Å². The van der Waals surface area contributed by atoms with Crippen LogP contribution in [-0.4, -0.2) is 5.78 Å². The molecule has 0 aromatic carbocycles. The lowest BCUT2D eigenvalue weighted by Crippen LogP contribution is -2.00. The Bertz CT molecular complexity index is 193. The molecule has 0 radical (unpaired) electrons. The fourth-order valence-electron chi connectivity index (χ4n) is 2.83. The van der Waals surface area contributed by atoms with Gasteiger partial charge in [-0.25, -0.2) is 0 Å². The monoisotopic (exact) mass is 136 g/mol. The SMILES string of the molecule is O=C1CC[C@H]2[C@@H]1[C@H]2C1CC1. The van der Waals surface area contributed by atoms with Crippen LogP contribution in [0.3, 0.4) is 0 Å². The molecule has 54 valence electrons. The van der Waals surface area contributed by atoms with Crippen molar-refractivity contribution in [2.24, 2.45) is 23.7 Å². The number of fused-ring (bicyclic) bond motifs is 1. The summed E-state index contributed by atoms with van der Waals surface area (Å²) in [5.41, 5.74) is 0. The second-order valence-electron chi connectivity index (χ2n) is 4.11. The van der Waals surface area contributed by atoms with Gasteiger partial charge in [0.2, 0.25) is 0 Å². The molecule has 0 aromatic rings. The molecule has 0 aliphatic heterocycles. The summed E-state index contributed by atoms with van der Waals surface area (Å²) in [5, 5.41) is 0. The number of hydrogen-bond donors (Lipinski definition) is 0. The van der Waals surface area contributed by atoms with Crippen LogP contribution in [0.4, 0.5) is 0 Å². The van der Waals surface area contributed by atoms with E-state index in [9.17, 15) is 4.79 Å². The lowest BCUT2D eigenvalue weighted by Gasteiger charge is -1.96. The quantitative estimate of drug-likeness (QED) is 0.535. The number of carbonyl (C=O) groups is 1. The van der Waals surface area contributed by atoms with Crippen molar-refractivity contribution in [3.63, 3.8) is 0 Å². The van der Waals surface area contributed by atoms with Crippen molar-refractivity contribution in [1.29, 1.82) is 0 Å². The Morgan fingerprint density at radius 1 is 1.20 bits per heavy atom. The first-order chi connectivity index (χ1) is 4.88. The standard InChI is InChI=1S/C9H12O/c10-7-4-3-6-8(9(6)7)5-1-2-5/h5-6,8-9H,1-4H2/t6-,8+,9+/m1/s1. The average Bonchev–Trinajstić information content (AvgIpc) is 2.79. The molecule has 3 aliphatic rings. The van der Waals surface area contributed by atoms with Crippen molar-refractivity contribution >= 4 is 5.78 Å². The molecular weight excluding hydrogens is 124 g/mol. The molecule has 10 heavy (non-hydrogen) atoms. The molecule has 0 N–H and O–H groups in total. The van der Waals surface area contributed by atoms with Gasteiger partial charge in [-0.2, -0.15) is 0 Å². The van der Waals surface area contributed by atoms with Gasteiger partial charge >= 0.3 is 0 Å². The second-order valence-corrected chi connectivity index (χ2v) is 4.11. The van der Waals surface area contributed by atoms with Crippen LogP contribution in [-0.2, 0) is 4.79 Å². The molecule has 3 aliphatic carbocycles. The van der Waals surface area contributed by atoms with E-state index in [0.29, 0.717) is 11.7 Å². The lowest BCUT2D eigenvalue weighted by molar-refractivity contribution is -0.119. The van der Waals surface area contributed by atoms with Gasteiger partial charge in [0.25, 0.3) is 0 Å². The lowest BCUT2D eigenvalue weighted by atomic mass is 10.1. The molecule has 0 bridgehead atoms. The molecule has 3 saturated carbocycles. The van der Waals surface area contributed by atoms with Crippen LogP contribution in [0.5, 0.6) is 0 Å². The Balaban J connectivity index is 1.79. The Morgan fingerprint density at radius 3 is 2.50 bits per heavy atom. The summed E-state index contributed by atoms with van der Waals surface area (Å²) >= 11 is 0. The minimum absolute atomic E-state index is 0.562. The van der Waals surface area contributed by atoms with E-state index in [1.165, 1.54) is 19.3 Å². The number of Topliss-reactive ketones (excluding diaryl/α,β-unsaturated/α-hetero) is 1. The highest BCUT2D eigenvalue weighted by molar-refractivity contribution is 5.87. The summed E-state index contributed by atoms with van der Waals surface area (Å²) in [6.07, 6.45) is 4.97. The van der Waals surface area contributed by atoms with Gasteiger partial charge in [-0.3, -0.25) is 4.79 Å². The van der Waals surface area contributed by atoms with Crippen molar-refractivity contribution in [2.75, 3.05) is 0 Å². The van der Waals surface area contributed by atoms with E-state index < -0.39 is 0 Å². The van der Waals surface area contributed by atoms with E-state index in [1.54, 1.807) is 0 Å². The summed E-state index contributed by atoms with van der Waals surface area (Å²) in [6, 6.07) is 0. The first-order valence-corrected chi connectivity index (χ1v) is 4.40. The van der Waals surface area contributed by atoms with E-state index in [2.05, 4.69) is 0 Å². The van der Waals surface area contributed by atoms with E-state index >= 15 is 0 Å². The van der Waals surface area contributed by atoms with E-state index in [0.717, 1.165) is 24.2 Å². The molecule has 0 unspecified atom stereocenters. The molecule has 3 atom stereocenters. The third-order valence-corrected chi connectivity index (χ3v) is 3.49. The maximum Gasteiger partial charge on any atom is 0.136 e. The first-order valence-electron chi connectivity index (χ1n) is 4.40. The predicted molar refractivity (Wildman–Crippen MR) is 37.4 cm³/mol. The van der Waals surface area contributed by atoms with E-state index in [1.807, 2.05) is 0 Å². The fourth-order valence-corrected chi connectivity index (χ4v) is 2.83. The second kappa shape index (κ2) is 1.46. The van der Waals surface area contributed by atoms with Crippen LogP contribution >= 0.6 is 0 Å². The van der Waals surface area contributed by atoms with E-state index in [-0.39, 0.29) is 0 Å². The summed E-state index contributed by atoms with van der Waals surface area (Å²) in [5.74, 6) is 3.87.